The van der Waals surface area contributed by atoms with Crippen molar-refractivity contribution >= 4 is 29.2 Å². The summed E-state index contributed by atoms with van der Waals surface area (Å²) in [6.45, 7) is -0.378. The fraction of sp³-hybridized carbons (Fsp3) is 0.0667. The number of ether oxygens (including phenoxy) is 4. The Balaban J connectivity index is 1.36. The van der Waals surface area contributed by atoms with E-state index in [9.17, 15) is 10.1 Å². The molecular weight excluding hydrogens is 539 g/mol. The standard InChI is InChI=1S/C30H20Cl2N2O5/c31-19-9-12-26(25(32)14-19)36-17-28(35)38-22-10-11-23-27(15-22)39-30(34)24(16-33)29(23)18-5-4-8-21(13-18)37-20-6-2-1-3-7-20/h1-15,29H,17,34H2. The summed E-state index contributed by atoms with van der Waals surface area (Å²) in [6, 6.07) is 28.5. The van der Waals surface area contributed by atoms with E-state index in [4.69, 9.17) is 47.9 Å². The summed E-state index contributed by atoms with van der Waals surface area (Å²) in [5, 5.41) is 10.6. The Labute approximate surface area is 234 Å². The highest BCUT2D eigenvalue weighted by Crippen LogP contribution is 2.44. The molecule has 194 valence electrons. The molecule has 0 fully saturated rings. The number of hydrogen-bond donors (Lipinski definition) is 1. The van der Waals surface area contributed by atoms with Crippen LogP contribution in [0.1, 0.15) is 17.0 Å². The molecule has 1 aliphatic heterocycles. The largest absolute Gasteiger partial charge is 0.480 e. The molecule has 9 heteroatoms. The maximum Gasteiger partial charge on any atom is 0.349 e. The Hall–Kier alpha value is -4.64. The maximum absolute atomic E-state index is 12.4. The van der Waals surface area contributed by atoms with Gasteiger partial charge in [-0.05, 0) is 54.1 Å². The molecule has 2 N–H and O–H groups in total. The number of rotatable bonds is 7. The summed E-state index contributed by atoms with van der Waals surface area (Å²) in [6.07, 6.45) is 0. The summed E-state index contributed by atoms with van der Waals surface area (Å²) < 4.78 is 22.6. The smallest absolute Gasteiger partial charge is 0.349 e. The second-order valence-electron chi connectivity index (χ2n) is 8.45. The van der Waals surface area contributed by atoms with Gasteiger partial charge in [0.15, 0.2) is 6.61 Å². The van der Waals surface area contributed by atoms with E-state index in [1.54, 1.807) is 30.3 Å². The molecule has 0 spiro atoms. The Morgan fingerprint density at radius 3 is 2.49 bits per heavy atom. The number of fused-ring (bicyclic) bond motifs is 1. The maximum atomic E-state index is 12.4. The van der Waals surface area contributed by atoms with E-state index >= 15 is 0 Å². The predicted molar refractivity (Wildman–Crippen MR) is 146 cm³/mol. The van der Waals surface area contributed by atoms with E-state index in [0.717, 1.165) is 5.56 Å². The molecule has 4 aromatic carbocycles. The monoisotopic (exact) mass is 558 g/mol. The first-order chi connectivity index (χ1) is 18.9. The van der Waals surface area contributed by atoms with Crippen LogP contribution < -0.4 is 24.7 Å². The van der Waals surface area contributed by atoms with Crippen LogP contribution in [0.4, 0.5) is 0 Å². The van der Waals surface area contributed by atoms with E-state index in [2.05, 4.69) is 6.07 Å². The van der Waals surface area contributed by atoms with Crippen molar-refractivity contribution in [3.05, 3.63) is 124 Å². The van der Waals surface area contributed by atoms with Gasteiger partial charge in [-0.15, -0.1) is 0 Å². The van der Waals surface area contributed by atoms with E-state index in [1.165, 1.54) is 6.07 Å². The zero-order valence-electron chi connectivity index (χ0n) is 20.3. The lowest BCUT2D eigenvalue weighted by molar-refractivity contribution is -0.136. The van der Waals surface area contributed by atoms with Crippen LogP contribution in [0.2, 0.25) is 10.0 Å². The quantitative estimate of drug-likeness (QED) is 0.192. The van der Waals surface area contributed by atoms with Gasteiger partial charge in [-0.25, -0.2) is 4.79 Å². The minimum absolute atomic E-state index is 0.0337. The van der Waals surface area contributed by atoms with Gasteiger partial charge in [0.05, 0.1) is 10.9 Å². The number of nitriles is 1. The average Bonchev–Trinajstić information content (AvgIpc) is 2.92. The Bertz CT molecular complexity index is 1620. The number of allylic oxidation sites excluding steroid dienone is 1. The molecule has 7 nitrogen and oxygen atoms in total. The van der Waals surface area contributed by atoms with Crippen LogP contribution >= 0.6 is 23.2 Å². The molecule has 1 aliphatic rings. The van der Waals surface area contributed by atoms with E-state index in [-0.39, 0.29) is 28.8 Å². The highest BCUT2D eigenvalue weighted by Gasteiger charge is 2.31. The third-order valence-corrected chi connectivity index (χ3v) is 6.36. The van der Waals surface area contributed by atoms with E-state index in [0.29, 0.717) is 33.6 Å². The first kappa shape index (κ1) is 26.0. The summed E-state index contributed by atoms with van der Waals surface area (Å²) in [5.41, 5.74) is 7.86. The zero-order chi connectivity index (χ0) is 27.4. The lowest BCUT2D eigenvalue weighted by Gasteiger charge is -2.27. The molecule has 0 aliphatic carbocycles. The molecule has 1 unspecified atom stereocenters. The van der Waals surface area contributed by atoms with Crippen LogP contribution in [0.15, 0.2) is 102 Å². The van der Waals surface area contributed by atoms with Gasteiger partial charge in [-0.1, -0.05) is 59.6 Å². The number of carbonyl (C=O) groups is 1. The molecule has 0 saturated heterocycles. The van der Waals surface area contributed by atoms with Crippen molar-refractivity contribution in [3.63, 3.8) is 0 Å². The van der Waals surface area contributed by atoms with Crippen LogP contribution in [0, 0.1) is 11.3 Å². The molecule has 4 aromatic rings. The van der Waals surface area contributed by atoms with Crippen molar-refractivity contribution in [2.45, 2.75) is 5.92 Å². The van der Waals surface area contributed by atoms with Crippen LogP contribution in [0.3, 0.4) is 0 Å². The van der Waals surface area contributed by atoms with Crippen LogP contribution in [0.25, 0.3) is 0 Å². The number of benzene rings is 4. The number of nitrogens with zero attached hydrogens (tertiary/aromatic N) is 1. The van der Waals surface area contributed by atoms with Crippen molar-refractivity contribution < 1.29 is 23.7 Å². The number of halogens is 2. The fourth-order valence-corrected chi connectivity index (χ4v) is 4.58. The van der Waals surface area contributed by atoms with Crippen molar-refractivity contribution in [1.29, 1.82) is 5.26 Å². The van der Waals surface area contributed by atoms with Gasteiger partial charge >= 0.3 is 5.97 Å². The third-order valence-electron chi connectivity index (χ3n) is 5.83. The third kappa shape index (κ3) is 5.93. The minimum Gasteiger partial charge on any atom is -0.480 e. The summed E-state index contributed by atoms with van der Waals surface area (Å²) in [7, 11) is 0. The molecule has 5 rings (SSSR count). The second kappa shape index (κ2) is 11.4. The molecule has 0 radical (unpaired) electrons. The van der Waals surface area contributed by atoms with Gasteiger partial charge in [0.25, 0.3) is 0 Å². The van der Waals surface area contributed by atoms with Crippen molar-refractivity contribution in [1.82, 2.24) is 0 Å². The lowest BCUT2D eigenvalue weighted by atomic mass is 9.83. The zero-order valence-corrected chi connectivity index (χ0v) is 21.8. The number of carbonyl (C=O) groups excluding carboxylic acids is 1. The Kier molecular flexibility index (Phi) is 7.60. The van der Waals surface area contributed by atoms with Crippen molar-refractivity contribution in [2.24, 2.45) is 5.73 Å². The molecule has 1 heterocycles. The number of nitrogens with two attached hydrogens (primary N) is 1. The number of hydrogen-bond acceptors (Lipinski definition) is 7. The average molecular weight is 559 g/mol. The SMILES string of the molecule is N#CC1=C(N)Oc2cc(OC(=O)COc3ccc(Cl)cc3Cl)ccc2C1c1cccc(Oc2ccccc2)c1. The fourth-order valence-electron chi connectivity index (χ4n) is 4.11. The molecule has 0 saturated carbocycles. The van der Waals surface area contributed by atoms with Gasteiger partial charge < -0.3 is 24.7 Å². The molecule has 39 heavy (non-hydrogen) atoms. The van der Waals surface area contributed by atoms with Crippen LogP contribution in [0.5, 0.6) is 28.7 Å². The van der Waals surface area contributed by atoms with Gasteiger partial charge in [0, 0.05) is 16.7 Å². The number of esters is 1. The van der Waals surface area contributed by atoms with Gasteiger partial charge in [-0.3, -0.25) is 0 Å². The van der Waals surface area contributed by atoms with Crippen LogP contribution in [-0.4, -0.2) is 12.6 Å². The molecule has 0 bridgehead atoms. The highest BCUT2D eigenvalue weighted by atomic mass is 35.5. The topological polar surface area (TPSA) is 104 Å². The second-order valence-corrected chi connectivity index (χ2v) is 9.29. The Morgan fingerprint density at radius 2 is 1.72 bits per heavy atom. The summed E-state index contributed by atoms with van der Waals surface area (Å²) in [5.74, 6) is 0.970. The van der Waals surface area contributed by atoms with Gasteiger partial charge in [0.2, 0.25) is 5.88 Å². The highest BCUT2D eigenvalue weighted by molar-refractivity contribution is 6.35. The summed E-state index contributed by atoms with van der Waals surface area (Å²) >= 11 is 12.0. The van der Waals surface area contributed by atoms with Gasteiger partial charge in [-0.2, -0.15) is 5.26 Å². The normalized spacial score (nSPS) is 14.0. The number of para-hydroxylation sites is 1. The van der Waals surface area contributed by atoms with Crippen LogP contribution in [-0.2, 0) is 4.79 Å². The lowest BCUT2D eigenvalue weighted by Crippen LogP contribution is -2.21. The van der Waals surface area contributed by atoms with Crippen molar-refractivity contribution in [3.8, 4) is 34.8 Å². The first-order valence-corrected chi connectivity index (χ1v) is 12.5. The first-order valence-electron chi connectivity index (χ1n) is 11.7. The van der Waals surface area contributed by atoms with E-state index < -0.39 is 11.9 Å². The molecular formula is C30H20Cl2N2O5. The molecule has 0 aromatic heterocycles. The predicted octanol–water partition coefficient (Wildman–Crippen LogP) is 6.99. The Morgan fingerprint density at radius 1 is 0.923 bits per heavy atom. The molecule has 0 amide bonds. The molecule has 1 atom stereocenters. The minimum atomic E-state index is -0.652. The van der Waals surface area contributed by atoms with Gasteiger partial charge in [0.1, 0.15) is 40.4 Å². The van der Waals surface area contributed by atoms with Crippen molar-refractivity contribution in [2.75, 3.05) is 6.61 Å². The summed E-state index contributed by atoms with van der Waals surface area (Å²) in [4.78, 5) is 12.4. The van der Waals surface area contributed by atoms with E-state index in [1.807, 2.05) is 54.6 Å².